The van der Waals surface area contributed by atoms with Gasteiger partial charge in [0.25, 0.3) is 0 Å². The Morgan fingerprint density at radius 2 is 1.83 bits per heavy atom. The van der Waals surface area contributed by atoms with Gasteiger partial charge in [0, 0.05) is 30.0 Å². The summed E-state index contributed by atoms with van der Waals surface area (Å²) in [6, 6.07) is 13.1. The summed E-state index contributed by atoms with van der Waals surface area (Å²) in [5, 5.41) is 3.57. The van der Waals surface area contributed by atoms with Crippen LogP contribution in [0, 0.1) is 0 Å². The zero-order valence-electron chi connectivity index (χ0n) is 13.3. The number of anilines is 1. The van der Waals surface area contributed by atoms with Gasteiger partial charge in [0.1, 0.15) is 16.5 Å². The molecule has 3 rings (SSSR count). The Hall–Kier alpha value is -2.86. The zero-order chi connectivity index (χ0) is 16.9. The lowest BCUT2D eigenvalue weighted by atomic mass is 10.2. The Kier molecular flexibility index (Phi) is 4.77. The molecule has 0 fully saturated rings. The second-order valence-electron chi connectivity index (χ2n) is 4.94. The fourth-order valence-electron chi connectivity index (χ4n) is 2.17. The number of nitrogens with one attached hydrogen (secondary N) is 1. The summed E-state index contributed by atoms with van der Waals surface area (Å²) in [5.74, 6) is 0.976. The predicted molar refractivity (Wildman–Crippen MR) is 96.8 cm³/mol. The van der Waals surface area contributed by atoms with Crippen molar-refractivity contribution in [2.24, 2.45) is 0 Å². The molecule has 1 amide bonds. The van der Waals surface area contributed by atoms with Gasteiger partial charge in [-0.3, -0.25) is 4.79 Å². The molecule has 5 nitrogen and oxygen atoms in total. The first-order chi connectivity index (χ1) is 11.7. The molecular weight excluding hydrogens is 324 g/mol. The maximum absolute atomic E-state index is 12.1. The molecule has 1 heterocycles. The second kappa shape index (κ2) is 7.14. The molecule has 1 aromatic heterocycles. The van der Waals surface area contributed by atoms with Crippen LogP contribution in [0.25, 0.3) is 16.3 Å². The van der Waals surface area contributed by atoms with E-state index in [-0.39, 0.29) is 5.91 Å². The van der Waals surface area contributed by atoms with E-state index in [9.17, 15) is 4.79 Å². The SMILES string of the molecule is COc1cc(NC(=O)/C=C/c2nc3ccccc3s2)cc(OC)c1. The number of amides is 1. The smallest absolute Gasteiger partial charge is 0.248 e. The minimum atomic E-state index is -0.246. The van der Waals surface area contributed by atoms with Gasteiger partial charge in [0.2, 0.25) is 5.91 Å². The first-order valence-electron chi connectivity index (χ1n) is 7.25. The van der Waals surface area contributed by atoms with Crippen LogP contribution in [-0.2, 0) is 4.79 Å². The highest BCUT2D eigenvalue weighted by Crippen LogP contribution is 2.26. The maximum Gasteiger partial charge on any atom is 0.248 e. The average molecular weight is 340 g/mol. The highest BCUT2D eigenvalue weighted by atomic mass is 32.1. The molecule has 0 aliphatic rings. The minimum absolute atomic E-state index is 0.246. The molecule has 0 radical (unpaired) electrons. The molecule has 122 valence electrons. The number of fused-ring (bicyclic) bond motifs is 1. The number of rotatable bonds is 5. The number of thiazole rings is 1. The highest BCUT2D eigenvalue weighted by Gasteiger charge is 2.05. The molecule has 6 heteroatoms. The number of methoxy groups -OCH3 is 2. The highest BCUT2D eigenvalue weighted by molar-refractivity contribution is 7.19. The Balaban J connectivity index is 1.73. The zero-order valence-corrected chi connectivity index (χ0v) is 14.1. The number of carbonyl (C=O) groups is 1. The summed E-state index contributed by atoms with van der Waals surface area (Å²) in [4.78, 5) is 16.6. The molecule has 3 aromatic rings. The Bertz CT molecular complexity index is 847. The predicted octanol–water partition coefficient (Wildman–Crippen LogP) is 3.97. The van der Waals surface area contributed by atoms with Crippen LogP contribution in [-0.4, -0.2) is 25.1 Å². The van der Waals surface area contributed by atoms with E-state index < -0.39 is 0 Å². The number of ether oxygens (including phenoxy) is 2. The lowest BCUT2D eigenvalue weighted by Gasteiger charge is -2.08. The van der Waals surface area contributed by atoms with Gasteiger partial charge in [0.15, 0.2) is 0 Å². The van der Waals surface area contributed by atoms with E-state index in [0.717, 1.165) is 15.2 Å². The van der Waals surface area contributed by atoms with Gasteiger partial charge in [-0.05, 0) is 18.2 Å². The Morgan fingerprint density at radius 1 is 1.12 bits per heavy atom. The summed E-state index contributed by atoms with van der Waals surface area (Å²) in [6.07, 6.45) is 3.17. The van der Waals surface area contributed by atoms with E-state index in [1.807, 2.05) is 24.3 Å². The van der Waals surface area contributed by atoms with Crippen molar-refractivity contribution in [1.82, 2.24) is 4.98 Å². The van der Waals surface area contributed by atoms with Crippen LogP contribution in [0.1, 0.15) is 5.01 Å². The van der Waals surface area contributed by atoms with Crippen LogP contribution in [0.3, 0.4) is 0 Å². The van der Waals surface area contributed by atoms with Crippen molar-refractivity contribution < 1.29 is 14.3 Å². The molecule has 0 aliphatic heterocycles. The Morgan fingerprint density at radius 3 is 2.50 bits per heavy atom. The maximum atomic E-state index is 12.1. The summed E-state index contributed by atoms with van der Waals surface area (Å²) in [6.45, 7) is 0. The molecule has 2 aromatic carbocycles. The first-order valence-corrected chi connectivity index (χ1v) is 8.07. The van der Waals surface area contributed by atoms with Gasteiger partial charge in [-0.15, -0.1) is 11.3 Å². The van der Waals surface area contributed by atoms with E-state index in [0.29, 0.717) is 17.2 Å². The lowest BCUT2D eigenvalue weighted by Crippen LogP contribution is -2.08. The van der Waals surface area contributed by atoms with E-state index in [1.165, 1.54) is 17.4 Å². The molecule has 0 bridgehead atoms. The number of carbonyl (C=O) groups excluding carboxylic acids is 1. The monoisotopic (exact) mass is 340 g/mol. The molecular formula is C18H16N2O3S. The summed E-state index contributed by atoms with van der Waals surface area (Å²) in [7, 11) is 3.13. The number of hydrogen-bond donors (Lipinski definition) is 1. The minimum Gasteiger partial charge on any atom is -0.497 e. The molecule has 0 saturated carbocycles. The summed E-state index contributed by atoms with van der Waals surface area (Å²) < 4.78 is 11.5. The van der Waals surface area contributed by atoms with E-state index in [4.69, 9.17) is 9.47 Å². The van der Waals surface area contributed by atoms with Crippen molar-refractivity contribution in [2.75, 3.05) is 19.5 Å². The number of benzene rings is 2. The largest absolute Gasteiger partial charge is 0.497 e. The van der Waals surface area contributed by atoms with Crippen molar-refractivity contribution in [3.8, 4) is 11.5 Å². The third-order valence-corrected chi connectivity index (χ3v) is 4.31. The van der Waals surface area contributed by atoms with Gasteiger partial charge in [-0.25, -0.2) is 4.98 Å². The number of nitrogens with zero attached hydrogens (tertiary/aromatic N) is 1. The third kappa shape index (κ3) is 3.72. The van der Waals surface area contributed by atoms with Crippen LogP contribution in [0.5, 0.6) is 11.5 Å². The van der Waals surface area contributed by atoms with Gasteiger partial charge in [-0.2, -0.15) is 0 Å². The quantitative estimate of drug-likeness (QED) is 0.714. The van der Waals surface area contributed by atoms with Crippen molar-refractivity contribution in [1.29, 1.82) is 0 Å². The third-order valence-electron chi connectivity index (χ3n) is 3.31. The van der Waals surface area contributed by atoms with Crippen molar-refractivity contribution in [3.63, 3.8) is 0 Å². The van der Waals surface area contributed by atoms with Crippen molar-refractivity contribution in [3.05, 3.63) is 53.5 Å². The summed E-state index contributed by atoms with van der Waals surface area (Å²) in [5.41, 5.74) is 1.53. The first kappa shape index (κ1) is 16.0. The van der Waals surface area contributed by atoms with Gasteiger partial charge in [0.05, 0.1) is 24.4 Å². The normalized spacial score (nSPS) is 10.9. The average Bonchev–Trinajstić information content (AvgIpc) is 3.02. The van der Waals surface area contributed by atoms with Crippen LogP contribution in [0.2, 0.25) is 0 Å². The molecule has 0 unspecified atom stereocenters. The number of hydrogen-bond acceptors (Lipinski definition) is 5. The molecule has 0 spiro atoms. The van der Waals surface area contributed by atoms with Crippen LogP contribution in [0.4, 0.5) is 5.69 Å². The van der Waals surface area contributed by atoms with Gasteiger partial charge in [-0.1, -0.05) is 12.1 Å². The van der Waals surface area contributed by atoms with Crippen LogP contribution in [0.15, 0.2) is 48.5 Å². The van der Waals surface area contributed by atoms with Crippen LogP contribution >= 0.6 is 11.3 Å². The van der Waals surface area contributed by atoms with Gasteiger partial charge >= 0.3 is 0 Å². The number of para-hydroxylation sites is 1. The van der Waals surface area contributed by atoms with E-state index in [2.05, 4.69) is 10.3 Å². The topological polar surface area (TPSA) is 60.5 Å². The lowest BCUT2D eigenvalue weighted by molar-refractivity contribution is -0.111. The fraction of sp³-hybridized carbons (Fsp3) is 0.111. The molecule has 0 aliphatic carbocycles. The number of aromatic nitrogens is 1. The van der Waals surface area contributed by atoms with E-state index in [1.54, 1.807) is 38.5 Å². The second-order valence-corrected chi connectivity index (χ2v) is 6.01. The van der Waals surface area contributed by atoms with Gasteiger partial charge < -0.3 is 14.8 Å². The van der Waals surface area contributed by atoms with Crippen molar-refractivity contribution >= 4 is 39.2 Å². The molecule has 1 N–H and O–H groups in total. The molecule has 24 heavy (non-hydrogen) atoms. The van der Waals surface area contributed by atoms with Crippen LogP contribution < -0.4 is 14.8 Å². The standard InChI is InChI=1S/C18H16N2O3S/c1-22-13-9-12(10-14(11-13)23-2)19-17(21)7-8-18-20-15-5-3-4-6-16(15)24-18/h3-11H,1-2H3,(H,19,21)/b8-7+. The van der Waals surface area contributed by atoms with Crippen molar-refractivity contribution in [2.45, 2.75) is 0 Å². The summed E-state index contributed by atoms with van der Waals surface area (Å²) >= 11 is 1.54. The fourth-order valence-corrected chi connectivity index (χ4v) is 3.04. The Labute approximate surface area is 143 Å². The molecule has 0 saturated heterocycles. The van der Waals surface area contributed by atoms with E-state index >= 15 is 0 Å². The molecule has 0 atom stereocenters.